The Morgan fingerprint density at radius 3 is 2.81 bits per heavy atom. The van der Waals surface area contributed by atoms with E-state index in [1.54, 1.807) is 4.90 Å². The molecule has 1 aliphatic rings. The van der Waals surface area contributed by atoms with Gasteiger partial charge in [0.15, 0.2) is 0 Å². The number of aliphatic carboxylic acids is 1. The van der Waals surface area contributed by atoms with E-state index in [0.29, 0.717) is 13.0 Å². The molecule has 1 heterocycles. The zero-order valence-corrected chi connectivity index (χ0v) is 9.69. The van der Waals surface area contributed by atoms with Gasteiger partial charge in [0.1, 0.15) is 0 Å². The van der Waals surface area contributed by atoms with Crippen molar-refractivity contribution in [1.29, 1.82) is 0 Å². The van der Waals surface area contributed by atoms with Crippen LogP contribution in [0.1, 0.15) is 39.0 Å². The van der Waals surface area contributed by atoms with Crippen molar-refractivity contribution in [2.24, 2.45) is 5.73 Å². The molecule has 0 aliphatic carbocycles. The van der Waals surface area contributed by atoms with Gasteiger partial charge in [0, 0.05) is 25.0 Å². The Morgan fingerprint density at radius 1 is 1.56 bits per heavy atom. The van der Waals surface area contributed by atoms with E-state index in [0.717, 1.165) is 19.3 Å². The van der Waals surface area contributed by atoms with Gasteiger partial charge in [-0.2, -0.15) is 0 Å². The lowest BCUT2D eigenvalue weighted by Gasteiger charge is -2.24. The molecule has 0 radical (unpaired) electrons. The summed E-state index contributed by atoms with van der Waals surface area (Å²) in [5.74, 6) is -0.845. The van der Waals surface area contributed by atoms with Crippen LogP contribution in [-0.4, -0.2) is 40.5 Å². The third-order valence-corrected chi connectivity index (χ3v) is 3.07. The molecule has 0 aromatic heterocycles. The predicted octanol–water partition coefficient (Wildman–Crippen LogP) is 0.579. The minimum absolute atomic E-state index is 0.00176. The number of nitrogens with zero attached hydrogens (tertiary/aromatic N) is 1. The van der Waals surface area contributed by atoms with Crippen molar-refractivity contribution in [3.8, 4) is 0 Å². The molecule has 5 nitrogen and oxygen atoms in total. The summed E-state index contributed by atoms with van der Waals surface area (Å²) in [6.45, 7) is 2.61. The maximum atomic E-state index is 11.9. The highest BCUT2D eigenvalue weighted by atomic mass is 16.4. The van der Waals surface area contributed by atoms with Crippen LogP contribution in [0.25, 0.3) is 0 Å². The Balaban J connectivity index is 2.50. The van der Waals surface area contributed by atoms with Crippen LogP contribution in [-0.2, 0) is 9.59 Å². The van der Waals surface area contributed by atoms with Crippen LogP contribution in [0.3, 0.4) is 0 Å². The molecule has 1 fully saturated rings. The summed E-state index contributed by atoms with van der Waals surface area (Å²) in [5, 5.41) is 8.74. The minimum Gasteiger partial charge on any atom is -0.481 e. The molecule has 0 spiro atoms. The fourth-order valence-corrected chi connectivity index (χ4v) is 2.06. The fraction of sp³-hybridized carbons (Fsp3) is 0.818. The van der Waals surface area contributed by atoms with E-state index >= 15 is 0 Å². The smallest absolute Gasteiger partial charge is 0.305 e. The third kappa shape index (κ3) is 3.48. The second-order valence-electron chi connectivity index (χ2n) is 4.35. The number of carbonyl (C=O) groups excluding carboxylic acids is 1. The maximum Gasteiger partial charge on any atom is 0.305 e. The second kappa shape index (κ2) is 5.84. The Kier molecular flexibility index (Phi) is 4.73. The van der Waals surface area contributed by atoms with Gasteiger partial charge >= 0.3 is 5.97 Å². The molecular weight excluding hydrogens is 208 g/mol. The van der Waals surface area contributed by atoms with Crippen molar-refractivity contribution in [2.75, 3.05) is 6.54 Å². The molecule has 1 saturated heterocycles. The van der Waals surface area contributed by atoms with Crippen molar-refractivity contribution in [1.82, 2.24) is 4.90 Å². The molecule has 0 saturated carbocycles. The zero-order chi connectivity index (χ0) is 12.1. The monoisotopic (exact) mass is 228 g/mol. The Labute approximate surface area is 95.6 Å². The molecule has 5 heteroatoms. The number of rotatable bonds is 5. The van der Waals surface area contributed by atoms with E-state index in [1.165, 1.54) is 0 Å². The SMILES string of the molecule is CCC(N)CC(=O)N1CCCC1CC(=O)O. The van der Waals surface area contributed by atoms with Gasteiger partial charge in [0.2, 0.25) is 5.91 Å². The first-order valence-electron chi connectivity index (χ1n) is 5.81. The van der Waals surface area contributed by atoms with Gasteiger partial charge in [-0.25, -0.2) is 0 Å². The van der Waals surface area contributed by atoms with E-state index in [1.807, 2.05) is 6.92 Å². The van der Waals surface area contributed by atoms with Gasteiger partial charge in [-0.05, 0) is 19.3 Å². The topological polar surface area (TPSA) is 83.6 Å². The average Bonchev–Trinajstić information content (AvgIpc) is 2.64. The maximum absolute atomic E-state index is 11.9. The lowest BCUT2D eigenvalue weighted by Crippen LogP contribution is -2.39. The molecule has 0 aromatic carbocycles. The molecule has 1 amide bonds. The fourth-order valence-electron chi connectivity index (χ4n) is 2.06. The number of amides is 1. The molecule has 1 rings (SSSR count). The van der Waals surface area contributed by atoms with Crippen molar-refractivity contribution < 1.29 is 14.7 Å². The second-order valence-corrected chi connectivity index (χ2v) is 4.35. The van der Waals surface area contributed by atoms with Crippen LogP contribution < -0.4 is 5.73 Å². The van der Waals surface area contributed by atoms with Crippen LogP contribution >= 0.6 is 0 Å². The van der Waals surface area contributed by atoms with E-state index in [2.05, 4.69) is 0 Å². The molecule has 1 aliphatic heterocycles. The number of nitrogens with two attached hydrogens (primary N) is 1. The lowest BCUT2D eigenvalue weighted by molar-refractivity contribution is -0.140. The molecule has 16 heavy (non-hydrogen) atoms. The van der Waals surface area contributed by atoms with Gasteiger partial charge in [0.05, 0.1) is 6.42 Å². The standard InChI is InChI=1S/C11H20N2O3/c1-2-8(12)6-10(14)13-5-3-4-9(13)7-11(15)16/h8-9H,2-7,12H2,1H3,(H,15,16). The first-order valence-corrected chi connectivity index (χ1v) is 5.81. The minimum atomic E-state index is -0.843. The summed E-state index contributed by atoms with van der Waals surface area (Å²) < 4.78 is 0. The van der Waals surface area contributed by atoms with E-state index in [9.17, 15) is 9.59 Å². The molecule has 0 aromatic rings. The Hall–Kier alpha value is -1.10. The first-order chi connectivity index (χ1) is 7.54. The summed E-state index contributed by atoms with van der Waals surface area (Å²) in [5.41, 5.74) is 5.72. The van der Waals surface area contributed by atoms with Gasteiger partial charge in [-0.1, -0.05) is 6.92 Å². The van der Waals surface area contributed by atoms with Crippen molar-refractivity contribution in [2.45, 2.75) is 51.1 Å². The summed E-state index contributed by atoms with van der Waals surface area (Å²) in [4.78, 5) is 24.2. The van der Waals surface area contributed by atoms with E-state index in [4.69, 9.17) is 10.8 Å². The molecule has 3 N–H and O–H groups in total. The highest BCUT2D eigenvalue weighted by Gasteiger charge is 2.30. The quantitative estimate of drug-likeness (QED) is 0.721. The number of hydrogen-bond donors (Lipinski definition) is 2. The normalized spacial score (nSPS) is 22.1. The van der Waals surface area contributed by atoms with E-state index in [-0.39, 0.29) is 24.4 Å². The number of carboxylic acids is 1. The van der Waals surface area contributed by atoms with Crippen molar-refractivity contribution in [3.63, 3.8) is 0 Å². The predicted molar refractivity (Wildman–Crippen MR) is 59.9 cm³/mol. The summed E-state index contributed by atoms with van der Waals surface area (Å²) in [7, 11) is 0. The highest BCUT2D eigenvalue weighted by Crippen LogP contribution is 2.21. The molecule has 92 valence electrons. The molecule has 2 atom stereocenters. The first kappa shape index (κ1) is 13.0. The third-order valence-electron chi connectivity index (χ3n) is 3.07. The van der Waals surface area contributed by atoms with Crippen molar-refractivity contribution >= 4 is 11.9 Å². The molecule has 0 bridgehead atoms. The number of carboxylic acid groups (broad SMARTS) is 1. The van der Waals surface area contributed by atoms with Crippen molar-refractivity contribution in [3.05, 3.63) is 0 Å². The lowest BCUT2D eigenvalue weighted by atomic mass is 10.1. The van der Waals surface area contributed by atoms with Gasteiger partial charge in [0.25, 0.3) is 0 Å². The number of carbonyl (C=O) groups is 2. The van der Waals surface area contributed by atoms with Gasteiger partial charge in [-0.15, -0.1) is 0 Å². The summed E-state index contributed by atoms with van der Waals surface area (Å²) in [6, 6.07) is -0.243. The summed E-state index contributed by atoms with van der Waals surface area (Å²) in [6.07, 6.45) is 2.83. The van der Waals surface area contributed by atoms with Gasteiger partial charge < -0.3 is 15.7 Å². The number of likely N-dealkylation sites (tertiary alicyclic amines) is 1. The van der Waals surface area contributed by atoms with Crippen LogP contribution in [0, 0.1) is 0 Å². The van der Waals surface area contributed by atoms with Crippen LogP contribution in [0.4, 0.5) is 0 Å². The van der Waals surface area contributed by atoms with Crippen LogP contribution in [0.5, 0.6) is 0 Å². The van der Waals surface area contributed by atoms with Crippen LogP contribution in [0.2, 0.25) is 0 Å². The Morgan fingerprint density at radius 2 is 2.25 bits per heavy atom. The summed E-state index contributed by atoms with van der Waals surface area (Å²) >= 11 is 0. The molecule has 2 unspecified atom stereocenters. The van der Waals surface area contributed by atoms with E-state index < -0.39 is 5.97 Å². The zero-order valence-electron chi connectivity index (χ0n) is 9.69. The largest absolute Gasteiger partial charge is 0.481 e. The highest BCUT2D eigenvalue weighted by molar-refractivity contribution is 5.78. The number of hydrogen-bond acceptors (Lipinski definition) is 3. The average molecular weight is 228 g/mol. The Bertz CT molecular complexity index is 268. The van der Waals surface area contributed by atoms with Gasteiger partial charge in [-0.3, -0.25) is 9.59 Å². The molecular formula is C11H20N2O3. The van der Waals surface area contributed by atoms with Crippen LogP contribution in [0.15, 0.2) is 0 Å².